The Hall–Kier alpha value is -2.96. The summed E-state index contributed by atoms with van der Waals surface area (Å²) in [6.07, 6.45) is 6.53. The van der Waals surface area contributed by atoms with Gasteiger partial charge in [-0.05, 0) is 44.7 Å². The number of likely N-dealkylation sites (tertiary alicyclic amines) is 2. The van der Waals surface area contributed by atoms with Crippen LogP contribution in [0.15, 0.2) is 42.7 Å². The lowest BCUT2D eigenvalue weighted by atomic mass is 9.60. The van der Waals surface area contributed by atoms with Crippen LogP contribution in [0.2, 0.25) is 0 Å². The van der Waals surface area contributed by atoms with E-state index in [4.69, 9.17) is 0 Å². The summed E-state index contributed by atoms with van der Waals surface area (Å²) < 4.78 is 0. The third-order valence-electron chi connectivity index (χ3n) is 8.24. The van der Waals surface area contributed by atoms with Crippen LogP contribution < -0.4 is 4.90 Å². The van der Waals surface area contributed by atoms with Gasteiger partial charge in [-0.1, -0.05) is 29.8 Å². The summed E-state index contributed by atoms with van der Waals surface area (Å²) in [7, 11) is 0. The molecule has 3 aliphatic heterocycles. The van der Waals surface area contributed by atoms with Crippen molar-refractivity contribution in [2.45, 2.75) is 39.5 Å². The average molecular weight is 448 g/mol. The molecule has 2 aromatic rings. The number of aromatic nitrogens is 2. The van der Waals surface area contributed by atoms with Crippen LogP contribution in [0.1, 0.15) is 37.3 Å². The predicted molar refractivity (Wildman–Crippen MR) is 127 cm³/mol. The molecule has 2 spiro atoms. The van der Waals surface area contributed by atoms with Gasteiger partial charge >= 0.3 is 0 Å². The maximum Gasteiger partial charge on any atom is 0.231 e. The first-order valence-electron chi connectivity index (χ1n) is 12.1. The number of hydrogen-bond donors (Lipinski definition) is 0. The van der Waals surface area contributed by atoms with Gasteiger partial charge in [-0.25, -0.2) is 9.97 Å². The molecule has 4 heterocycles. The largest absolute Gasteiger partial charge is 0.342 e. The minimum absolute atomic E-state index is 0.145. The number of carbonyl (C=O) groups is 2. The summed E-state index contributed by atoms with van der Waals surface area (Å²) in [6.45, 7) is 8.54. The summed E-state index contributed by atoms with van der Waals surface area (Å²) in [5.74, 6) is 1.16. The minimum Gasteiger partial charge on any atom is -0.342 e. The molecule has 174 valence electrons. The summed E-state index contributed by atoms with van der Waals surface area (Å²) in [5.41, 5.74) is 1.70. The molecule has 0 bridgehead atoms. The molecule has 3 aliphatic rings. The molecule has 1 aromatic heterocycles. The van der Waals surface area contributed by atoms with Crippen LogP contribution in [0.3, 0.4) is 0 Å². The highest BCUT2D eigenvalue weighted by Gasteiger charge is 2.65. The molecule has 1 aromatic carbocycles. The lowest BCUT2D eigenvalue weighted by molar-refractivity contribution is -0.143. The highest BCUT2D eigenvalue weighted by molar-refractivity contribution is 5.87. The van der Waals surface area contributed by atoms with Gasteiger partial charge in [0.05, 0.1) is 11.8 Å². The van der Waals surface area contributed by atoms with Gasteiger partial charge in [-0.3, -0.25) is 9.59 Å². The lowest BCUT2D eigenvalue weighted by Crippen LogP contribution is -2.53. The van der Waals surface area contributed by atoms with Gasteiger partial charge in [-0.2, -0.15) is 0 Å². The molecule has 0 N–H and O–H groups in total. The molecule has 33 heavy (non-hydrogen) atoms. The van der Waals surface area contributed by atoms with E-state index in [9.17, 15) is 9.59 Å². The molecule has 7 nitrogen and oxygen atoms in total. The molecule has 0 saturated carbocycles. The molecule has 3 fully saturated rings. The second kappa shape index (κ2) is 8.43. The normalized spacial score (nSPS) is 24.3. The van der Waals surface area contributed by atoms with E-state index in [0.717, 1.165) is 44.5 Å². The smallest absolute Gasteiger partial charge is 0.231 e. The zero-order valence-corrected chi connectivity index (χ0v) is 19.7. The van der Waals surface area contributed by atoms with Crippen LogP contribution in [0.5, 0.6) is 0 Å². The average Bonchev–Trinajstić information content (AvgIpc) is 3.34. The molecule has 2 amide bonds. The Morgan fingerprint density at radius 3 is 2.33 bits per heavy atom. The van der Waals surface area contributed by atoms with E-state index in [2.05, 4.69) is 40.8 Å². The van der Waals surface area contributed by atoms with Crippen LogP contribution in [-0.2, 0) is 16.0 Å². The van der Waals surface area contributed by atoms with E-state index in [1.54, 1.807) is 12.4 Å². The summed E-state index contributed by atoms with van der Waals surface area (Å²) in [5, 5.41) is 0. The molecule has 0 radical (unpaired) electrons. The number of nitrogens with zero attached hydrogens (tertiary/aromatic N) is 5. The topological polar surface area (TPSA) is 69.6 Å². The van der Waals surface area contributed by atoms with Gasteiger partial charge in [-0.15, -0.1) is 0 Å². The van der Waals surface area contributed by atoms with Crippen molar-refractivity contribution >= 4 is 17.8 Å². The first-order valence-corrected chi connectivity index (χ1v) is 12.1. The zero-order valence-electron chi connectivity index (χ0n) is 19.7. The third kappa shape index (κ3) is 3.67. The van der Waals surface area contributed by atoms with E-state index in [-0.39, 0.29) is 17.2 Å². The fourth-order valence-corrected chi connectivity index (χ4v) is 6.25. The number of benzene rings is 1. The van der Waals surface area contributed by atoms with Gasteiger partial charge in [0.1, 0.15) is 0 Å². The fraction of sp³-hybridized carbons (Fsp3) is 0.538. The first kappa shape index (κ1) is 21.9. The quantitative estimate of drug-likeness (QED) is 0.721. The number of aryl methyl sites for hydroxylation is 1. The maximum atomic E-state index is 13.7. The molecule has 1 atom stereocenters. The standard InChI is InChI=1S/C26H33N5O2/c1-3-29-16-11-26(23(29)33)19-31(24-27-12-4-13-28-24)18-25(26)9-14-30(15-10-25)22(32)17-21-7-5-20(2)6-8-21/h4-8,12-13H,3,9-11,14-19H2,1-2H3. The van der Waals surface area contributed by atoms with E-state index in [1.165, 1.54) is 5.56 Å². The van der Waals surface area contributed by atoms with Crippen molar-refractivity contribution in [2.75, 3.05) is 44.2 Å². The van der Waals surface area contributed by atoms with Gasteiger partial charge in [0.2, 0.25) is 17.8 Å². The van der Waals surface area contributed by atoms with Crippen LogP contribution in [0.25, 0.3) is 0 Å². The Labute approximate surface area is 195 Å². The number of carbonyl (C=O) groups excluding carboxylic acids is 2. The molecular formula is C26H33N5O2. The number of fused-ring (bicyclic) bond motifs is 1. The van der Waals surface area contributed by atoms with Crippen molar-refractivity contribution in [3.8, 4) is 0 Å². The molecule has 7 heteroatoms. The van der Waals surface area contributed by atoms with Crippen LogP contribution in [0, 0.1) is 17.8 Å². The van der Waals surface area contributed by atoms with Crippen molar-refractivity contribution in [3.63, 3.8) is 0 Å². The van der Waals surface area contributed by atoms with Crippen molar-refractivity contribution in [1.29, 1.82) is 0 Å². The van der Waals surface area contributed by atoms with Crippen molar-refractivity contribution < 1.29 is 9.59 Å². The summed E-state index contributed by atoms with van der Waals surface area (Å²) in [6, 6.07) is 10.0. The first-order chi connectivity index (χ1) is 16.0. The van der Waals surface area contributed by atoms with Gasteiger partial charge in [0.25, 0.3) is 0 Å². The number of rotatable bonds is 4. The lowest BCUT2D eigenvalue weighted by Gasteiger charge is -2.46. The molecular weight excluding hydrogens is 414 g/mol. The van der Waals surface area contributed by atoms with Gasteiger partial charge < -0.3 is 14.7 Å². The van der Waals surface area contributed by atoms with Crippen molar-refractivity contribution in [3.05, 3.63) is 53.9 Å². The SMILES string of the molecule is CCN1CCC2(CN(c3ncccn3)CC23CCN(C(=O)Cc2ccc(C)cc2)CC3)C1=O. The van der Waals surface area contributed by atoms with Crippen LogP contribution in [0.4, 0.5) is 5.95 Å². The summed E-state index contributed by atoms with van der Waals surface area (Å²) in [4.78, 5) is 41.9. The van der Waals surface area contributed by atoms with Crippen LogP contribution >= 0.6 is 0 Å². The monoisotopic (exact) mass is 447 g/mol. The van der Waals surface area contributed by atoms with E-state index < -0.39 is 5.41 Å². The Morgan fingerprint density at radius 2 is 1.70 bits per heavy atom. The minimum atomic E-state index is -0.408. The van der Waals surface area contributed by atoms with Crippen LogP contribution in [-0.4, -0.2) is 70.9 Å². The van der Waals surface area contributed by atoms with Crippen molar-refractivity contribution in [2.24, 2.45) is 10.8 Å². The van der Waals surface area contributed by atoms with Crippen molar-refractivity contribution in [1.82, 2.24) is 19.8 Å². The predicted octanol–water partition coefficient (Wildman–Crippen LogP) is 2.70. The number of amides is 2. The second-order valence-electron chi connectivity index (χ2n) is 9.95. The number of anilines is 1. The molecule has 3 saturated heterocycles. The number of piperidine rings is 1. The van der Waals surface area contributed by atoms with E-state index in [0.29, 0.717) is 32.0 Å². The highest BCUT2D eigenvalue weighted by atomic mass is 16.2. The summed E-state index contributed by atoms with van der Waals surface area (Å²) >= 11 is 0. The van der Waals surface area contributed by atoms with Gasteiger partial charge in [0.15, 0.2) is 0 Å². The van der Waals surface area contributed by atoms with E-state index in [1.807, 2.05) is 28.0 Å². The Morgan fingerprint density at radius 1 is 1.00 bits per heavy atom. The fourth-order valence-electron chi connectivity index (χ4n) is 6.25. The zero-order chi connectivity index (χ0) is 23.1. The van der Waals surface area contributed by atoms with E-state index >= 15 is 0 Å². The maximum absolute atomic E-state index is 13.7. The Bertz CT molecular complexity index is 1020. The molecule has 1 unspecified atom stereocenters. The second-order valence-corrected chi connectivity index (χ2v) is 9.95. The Kier molecular flexibility index (Phi) is 5.59. The molecule has 5 rings (SSSR count). The highest BCUT2D eigenvalue weighted by Crippen LogP contribution is 2.58. The third-order valence-corrected chi connectivity index (χ3v) is 8.24. The van der Waals surface area contributed by atoms with Gasteiger partial charge in [0, 0.05) is 57.1 Å². The Balaban J connectivity index is 1.35. The number of hydrogen-bond acceptors (Lipinski definition) is 5. The molecule has 0 aliphatic carbocycles.